The minimum atomic E-state index is -1.42. The molecule has 0 aliphatic heterocycles. The highest BCUT2D eigenvalue weighted by Gasteiger charge is 2.17. The van der Waals surface area contributed by atoms with E-state index in [1.54, 1.807) is 6.08 Å². The summed E-state index contributed by atoms with van der Waals surface area (Å²) in [6, 6.07) is -1.42. The van der Waals surface area contributed by atoms with Crippen molar-refractivity contribution in [3.05, 3.63) is 12.2 Å². The molecule has 0 saturated heterocycles. The molecule has 4 heteroatoms. The summed E-state index contributed by atoms with van der Waals surface area (Å²) >= 11 is 0. The molecule has 0 aliphatic carbocycles. The van der Waals surface area contributed by atoms with E-state index in [0.717, 1.165) is 12.8 Å². The van der Waals surface area contributed by atoms with Crippen LogP contribution in [0.2, 0.25) is 0 Å². The molecule has 0 unspecified atom stereocenters. The Kier molecular flexibility index (Phi) is 4.96. The minimum absolute atomic E-state index is 0.559. The first kappa shape index (κ1) is 10.8. The number of aliphatic carboxylic acids is 1. The Morgan fingerprint density at radius 3 is 2.58 bits per heavy atom. The van der Waals surface area contributed by atoms with Crippen molar-refractivity contribution < 1.29 is 14.7 Å². The number of unbranched alkanes of at least 4 members (excludes halogenated alkanes) is 1. The fraction of sp³-hybridized carbons (Fsp3) is 0.500. The van der Waals surface area contributed by atoms with E-state index in [-0.39, 0.29) is 0 Å². The highest BCUT2D eigenvalue weighted by molar-refractivity contribution is 6.07. The molecule has 68 valence electrons. The summed E-state index contributed by atoms with van der Waals surface area (Å²) < 4.78 is 0. The molecule has 1 atom stereocenters. The van der Waals surface area contributed by atoms with E-state index in [4.69, 9.17) is 10.8 Å². The van der Waals surface area contributed by atoms with Gasteiger partial charge in [0, 0.05) is 0 Å². The molecule has 0 aliphatic rings. The van der Waals surface area contributed by atoms with Crippen LogP contribution in [0.4, 0.5) is 0 Å². The van der Waals surface area contributed by atoms with Crippen LogP contribution in [0.15, 0.2) is 12.2 Å². The second kappa shape index (κ2) is 5.49. The molecular weight excluding hydrogens is 158 g/mol. The lowest BCUT2D eigenvalue weighted by Crippen LogP contribution is -2.37. The van der Waals surface area contributed by atoms with Crippen LogP contribution in [0.1, 0.15) is 19.8 Å². The standard InChI is InChI=1S/C8H13NO3/c1-2-3-4-5-6(10)7(9)8(11)12/h4-5,7H,2-3,9H2,1H3,(H,11,12)/b5-4+/t7-/m0/s1. The fourth-order valence-corrected chi connectivity index (χ4v) is 0.592. The molecule has 0 amide bonds. The van der Waals surface area contributed by atoms with Crippen LogP contribution in [0, 0.1) is 0 Å². The number of ketones is 1. The van der Waals surface area contributed by atoms with Crippen molar-refractivity contribution in [3.8, 4) is 0 Å². The summed E-state index contributed by atoms with van der Waals surface area (Å²) in [5.74, 6) is -1.85. The monoisotopic (exact) mass is 171 g/mol. The number of carboxylic acids is 1. The van der Waals surface area contributed by atoms with E-state index >= 15 is 0 Å². The third-order valence-corrected chi connectivity index (χ3v) is 1.31. The summed E-state index contributed by atoms with van der Waals surface area (Å²) in [6.07, 6.45) is 4.54. The van der Waals surface area contributed by atoms with Gasteiger partial charge in [-0.3, -0.25) is 9.59 Å². The quantitative estimate of drug-likeness (QED) is 0.461. The van der Waals surface area contributed by atoms with Crippen LogP contribution >= 0.6 is 0 Å². The van der Waals surface area contributed by atoms with Crippen LogP contribution in [0.25, 0.3) is 0 Å². The topological polar surface area (TPSA) is 80.4 Å². The lowest BCUT2D eigenvalue weighted by Gasteiger charge is -1.99. The lowest BCUT2D eigenvalue weighted by molar-refractivity contribution is -0.141. The second-order valence-corrected chi connectivity index (χ2v) is 2.41. The van der Waals surface area contributed by atoms with E-state index in [0.29, 0.717) is 0 Å². The summed E-state index contributed by atoms with van der Waals surface area (Å²) in [7, 11) is 0. The first-order valence-corrected chi connectivity index (χ1v) is 3.78. The molecule has 12 heavy (non-hydrogen) atoms. The van der Waals surface area contributed by atoms with Gasteiger partial charge >= 0.3 is 5.97 Å². The Hall–Kier alpha value is -1.16. The van der Waals surface area contributed by atoms with Crippen LogP contribution in [0.5, 0.6) is 0 Å². The van der Waals surface area contributed by atoms with Crippen molar-refractivity contribution >= 4 is 11.8 Å². The maximum absolute atomic E-state index is 10.9. The predicted octanol–water partition coefficient (Wildman–Crippen LogP) is 0.324. The van der Waals surface area contributed by atoms with Crippen molar-refractivity contribution in [2.45, 2.75) is 25.8 Å². The van der Waals surface area contributed by atoms with Crippen LogP contribution in [-0.4, -0.2) is 22.9 Å². The normalized spacial score (nSPS) is 13.2. The van der Waals surface area contributed by atoms with Crippen molar-refractivity contribution in [1.82, 2.24) is 0 Å². The molecule has 0 rings (SSSR count). The van der Waals surface area contributed by atoms with Gasteiger partial charge in [0.15, 0.2) is 11.8 Å². The van der Waals surface area contributed by atoms with Crippen LogP contribution < -0.4 is 5.73 Å². The third-order valence-electron chi connectivity index (χ3n) is 1.31. The summed E-state index contributed by atoms with van der Waals surface area (Å²) in [5.41, 5.74) is 5.04. The highest BCUT2D eigenvalue weighted by atomic mass is 16.4. The first-order chi connectivity index (χ1) is 5.59. The number of allylic oxidation sites excluding steroid dienone is 1. The Bertz CT molecular complexity index is 198. The zero-order valence-electron chi connectivity index (χ0n) is 6.99. The number of nitrogens with two attached hydrogens (primary N) is 1. The van der Waals surface area contributed by atoms with Gasteiger partial charge in [0.25, 0.3) is 0 Å². The molecule has 0 saturated carbocycles. The lowest BCUT2D eigenvalue weighted by atomic mass is 10.2. The van der Waals surface area contributed by atoms with Gasteiger partial charge in [-0.1, -0.05) is 19.4 Å². The second-order valence-electron chi connectivity index (χ2n) is 2.41. The molecule has 0 aromatic carbocycles. The Balaban J connectivity index is 3.95. The Morgan fingerprint density at radius 2 is 2.17 bits per heavy atom. The zero-order chi connectivity index (χ0) is 9.56. The third kappa shape index (κ3) is 3.88. The number of hydrogen-bond donors (Lipinski definition) is 2. The van der Waals surface area contributed by atoms with Gasteiger partial charge in [-0.25, -0.2) is 0 Å². The zero-order valence-corrected chi connectivity index (χ0v) is 6.99. The average Bonchev–Trinajstić information content (AvgIpc) is 2.03. The number of carbonyl (C=O) groups is 2. The SMILES string of the molecule is CCC/C=C/C(=O)[C@H](N)C(=O)O. The van der Waals surface area contributed by atoms with E-state index in [9.17, 15) is 9.59 Å². The largest absolute Gasteiger partial charge is 0.480 e. The maximum atomic E-state index is 10.9. The molecule has 0 fully saturated rings. The van der Waals surface area contributed by atoms with Gasteiger partial charge in [-0.05, 0) is 12.5 Å². The molecule has 3 N–H and O–H groups in total. The number of rotatable bonds is 5. The first-order valence-electron chi connectivity index (χ1n) is 3.78. The van der Waals surface area contributed by atoms with Crippen molar-refractivity contribution in [2.24, 2.45) is 5.73 Å². The fourth-order valence-electron chi connectivity index (χ4n) is 0.592. The molecule has 0 heterocycles. The van der Waals surface area contributed by atoms with Crippen LogP contribution in [0.3, 0.4) is 0 Å². The van der Waals surface area contributed by atoms with Gasteiger partial charge < -0.3 is 10.8 Å². The number of carbonyl (C=O) groups excluding carboxylic acids is 1. The predicted molar refractivity (Wildman–Crippen MR) is 44.7 cm³/mol. The highest BCUT2D eigenvalue weighted by Crippen LogP contribution is 1.91. The van der Waals surface area contributed by atoms with E-state index in [1.807, 2.05) is 6.92 Å². The molecule has 0 radical (unpaired) electrons. The van der Waals surface area contributed by atoms with E-state index < -0.39 is 17.8 Å². The van der Waals surface area contributed by atoms with Gasteiger partial charge in [0.2, 0.25) is 0 Å². The van der Waals surface area contributed by atoms with Crippen molar-refractivity contribution in [2.75, 3.05) is 0 Å². The summed E-state index contributed by atoms with van der Waals surface area (Å²) in [5, 5.41) is 8.33. The molecular formula is C8H13NO3. The molecule has 0 spiro atoms. The van der Waals surface area contributed by atoms with Crippen LogP contribution in [-0.2, 0) is 9.59 Å². The smallest absolute Gasteiger partial charge is 0.328 e. The van der Waals surface area contributed by atoms with Gasteiger partial charge in [0.05, 0.1) is 0 Å². The summed E-state index contributed by atoms with van der Waals surface area (Å²) in [6.45, 7) is 1.96. The van der Waals surface area contributed by atoms with Crippen molar-refractivity contribution in [1.29, 1.82) is 0 Å². The van der Waals surface area contributed by atoms with E-state index in [1.165, 1.54) is 6.08 Å². The average molecular weight is 171 g/mol. The molecule has 0 aromatic rings. The van der Waals surface area contributed by atoms with Gasteiger partial charge in [-0.2, -0.15) is 0 Å². The molecule has 0 bridgehead atoms. The van der Waals surface area contributed by atoms with E-state index in [2.05, 4.69) is 0 Å². The summed E-state index contributed by atoms with van der Waals surface area (Å²) in [4.78, 5) is 21.1. The van der Waals surface area contributed by atoms with Crippen molar-refractivity contribution in [3.63, 3.8) is 0 Å². The number of carboxylic acid groups (broad SMARTS) is 1. The minimum Gasteiger partial charge on any atom is -0.480 e. The Morgan fingerprint density at radius 1 is 1.58 bits per heavy atom. The molecule has 0 aromatic heterocycles. The number of hydrogen-bond acceptors (Lipinski definition) is 3. The van der Waals surface area contributed by atoms with Gasteiger partial charge in [-0.15, -0.1) is 0 Å². The maximum Gasteiger partial charge on any atom is 0.328 e. The van der Waals surface area contributed by atoms with Gasteiger partial charge in [0.1, 0.15) is 0 Å². The molecule has 4 nitrogen and oxygen atoms in total. The Labute approximate surface area is 71.1 Å².